The van der Waals surface area contributed by atoms with Gasteiger partial charge in [0.2, 0.25) is 0 Å². The van der Waals surface area contributed by atoms with E-state index in [0.717, 1.165) is 22.3 Å². The number of hydrogen-bond donors (Lipinski definition) is 2. The molecule has 0 saturated carbocycles. The van der Waals surface area contributed by atoms with Crippen LogP contribution in [0.25, 0.3) is 10.2 Å². The summed E-state index contributed by atoms with van der Waals surface area (Å²) in [4.78, 5) is 29.9. The number of likely N-dealkylation sites (N-methyl/N-ethyl adjacent to an activating group) is 1. The van der Waals surface area contributed by atoms with Crippen LogP contribution >= 0.6 is 11.3 Å². The molecule has 0 bridgehead atoms. The summed E-state index contributed by atoms with van der Waals surface area (Å²) >= 11 is 0.937. The molecule has 2 aromatic carbocycles. The molecular formula is C20H16F4N4O3S. The Labute approximate surface area is 183 Å². The Hall–Kier alpha value is -3.25. The molecule has 3 amide bonds. The number of alkyl halides is 3. The highest BCUT2D eigenvalue weighted by atomic mass is 32.1. The summed E-state index contributed by atoms with van der Waals surface area (Å²) in [6.45, 7) is -0.213. The third-order valence-corrected chi connectivity index (χ3v) is 5.84. The summed E-state index contributed by atoms with van der Waals surface area (Å²) in [5, 5.41) is 5.11. The molecule has 0 radical (unpaired) electrons. The minimum absolute atomic E-state index is 0.0523. The minimum atomic E-state index is -4.98. The number of morpholine rings is 1. The number of rotatable bonds is 3. The lowest BCUT2D eigenvalue weighted by Gasteiger charge is -2.41. The number of nitrogens with zero attached hydrogens (tertiary/aromatic N) is 2. The lowest BCUT2D eigenvalue weighted by Crippen LogP contribution is -2.60. The maximum Gasteiger partial charge on any atom is 0.430 e. The van der Waals surface area contributed by atoms with E-state index in [-0.39, 0.29) is 23.8 Å². The fourth-order valence-corrected chi connectivity index (χ4v) is 4.23. The molecule has 0 spiro atoms. The first-order valence-corrected chi connectivity index (χ1v) is 10.1. The van der Waals surface area contributed by atoms with Crippen LogP contribution in [0.3, 0.4) is 0 Å². The largest absolute Gasteiger partial charge is 0.430 e. The summed E-state index contributed by atoms with van der Waals surface area (Å²) in [5.74, 6) is -1.65. The van der Waals surface area contributed by atoms with Crippen molar-refractivity contribution in [2.24, 2.45) is 0 Å². The van der Waals surface area contributed by atoms with Crippen molar-refractivity contribution in [1.29, 1.82) is 0 Å². The molecule has 0 unspecified atom stereocenters. The normalized spacial score (nSPS) is 19.3. The zero-order valence-electron chi connectivity index (χ0n) is 16.5. The molecule has 2 N–H and O–H groups in total. The quantitative estimate of drug-likeness (QED) is 0.561. The minimum Gasteiger partial charge on any atom is -0.351 e. The average molecular weight is 468 g/mol. The molecule has 7 nitrogen and oxygen atoms in total. The molecule has 168 valence electrons. The van der Waals surface area contributed by atoms with Crippen molar-refractivity contribution in [2.45, 2.75) is 11.8 Å². The first-order valence-electron chi connectivity index (χ1n) is 9.31. The predicted octanol–water partition coefficient (Wildman–Crippen LogP) is 4.33. The van der Waals surface area contributed by atoms with Crippen LogP contribution in [0.15, 0.2) is 42.5 Å². The van der Waals surface area contributed by atoms with Gasteiger partial charge < -0.3 is 15.0 Å². The number of urea groups is 1. The molecule has 1 atom stereocenters. The monoisotopic (exact) mass is 468 g/mol. The van der Waals surface area contributed by atoms with Crippen LogP contribution < -0.4 is 10.6 Å². The number of fused-ring (bicyclic) bond motifs is 1. The Bertz CT molecular complexity index is 1180. The van der Waals surface area contributed by atoms with Gasteiger partial charge in [0, 0.05) is 24.8 Å². The Kier molecular flexibility index (Phi) is 5.51. The van der Waals surface area contributed by atoms with Gasteiger partial charge in [-0.05, 0) is 36.4 Å². The van der Waals surface area contributed by atoms with E-state index in [0.29, 0.717) is 15.9 Å². The summed E-state index contributed by atoms with van der Waals surface area (Å²) < 4.78 is 60.5. The van der Waals surface area contributed by atoms with Gasteiger partial charge in [0.05, 0.1) is 16.8 Å². The third-order valence-electron chi connectivity index (χ3n) is 4.91. The van der Waals surface area contributed by atoms with Crippen LogP contribution in [0.1, 0.15) is 5.56 Å². The van der Waals surface area contributed by atoms with Crippen molar-refractivity contribution in [3.63, 3.8) is 0 Å². The zero-order chi connectivity index (χ0) is 23.1. The number of carbonyl (C=O) groups is 2. The van der Waals surface area contributed by atoms with Gasteiger partial charge in [0.15, 0.2) is 5.13 Å². The molecule has 0 aliphatic carbocycles. The first kappa shape index (κ1) is 22.0. The molecule has 4 rings (SSSR count). The summed E-state index contributed by atoms with van der Waals surface area (Å²) in [6, 6.07) is 8.12. The SMILES string of the molecule is CN1CCO[C@](c2ccc3nc(NC(=O)Nc4ccc(F)cc4)sc3c2)(C(F)(F)F)C1=O. The van der Waals surface area contributed by atoms with E-state index in [2.05, 4.69) is 15.6 Å². The molecule has 12 heteroatoms. The number of nitrogens with one attached hydrogen (secondary N) is 2. The highest BCUT2D eigenvalue weighted by Gasteiger charge is 2.65. The zero-order valence-corrected chi connectivity index (χ0v) is 17.3. The predicted molar refractivity (Wildman–Crippen MR) is 110 cm³/mol. The maximum absolute atomic E-state index is 14.0. The second-order valence-electron chi connectivity index (χ2n) is 7.04. The number of anilines is 2. The van der Waals surface area contributed by atoms with Crippen molar-refractivity contribution < 1.29 is 31.9 Å². The van der Waals surface area contributed by atoms with Gasteiger partial charge in [0.1, 0.15) is 5.82 Å². The van der Waals surface area contributed by atoms with Gasteiger partial charge in [-0.2, -0.15) is 13.2 Å². The maximum atomic E-state index is 14.0. The summed E-state index contributed by atoms with van der Waals surface area (Å²) in [6.07, 6.45) is -4.98. The Morgan fingerprint density at radius 3 is 2.59 bits per heavy atom. The molecule has 1 saturated heterocycles. The van der Waals surface area contributed by atoms with Crippen LogP contribution in [-0.2, 0) is 15.1 Å². The van der Waals surface area contributed by atoms with Crippen LogP contribution in [0.2, 0.25) is 0 Å². The van der Waals surface area contributed by atoms with Gasteiger partial charge in [-0.25, -0.2) is 14.2 Å². The van der Waals surface area contributed by atoms with Gasteiger partial charge >= 0.3 is 12.2 Å². The van der Waals surface area contributed by atoms with E-state index in [1.807, 2.05) is 0 Å². The number of hydrogen-bond acceptors (Lipinski definition) is 5. The number of carbonyl (C=O) groups excluding carboxylic acids is 2. The van der Waals surface area contributed by atoms with Crippen molar-refractivity contribution in [1.82, 2.24) is 9.88 Å². The second-order valence-corrected chi connectivity index (χ2v) is 8.07. The fourth-order valence-electron chi connectivity index (χ4n) is 3.33. The number of aromatic nitrogens is 1. The van der Waals surface area contributed by atoms with Crippen LogP contribution in [0, 0.1) is 5.82 Å². The topological polar surface area (TPSA) is 83.6 Å². The first-order chi connectivity index (χ1) is 15.1. The Morgan fingerprint density at radius 2 is 1.91 bits per heavy atom. The highest BCUT2D eigenvalue weighted by molar-refractivity contribution is 7.22. The average Bonchev–Trinajstić information content (AvgIpc) is 3.12. The molecule has 32 heavy (non-hydrogen) atoms. The number of thiazole rings is 1. The standard InChI is InChI=1S/C20H16F4N4O3S/c1-28-8-9-31-19(16(28)29,20(22,23)24)11-2-7-14-15(10-11)32-18(26-14)27-17(30)25-13-5-3-12(21)4-6-13/h2-7,10H,8-9H2,1H3,(H2,25,26,27,30)/t19-/m0/s1. The van der Waals surface area contributed by atoms with E-state index in [4.69, 9.17) is 4.74 Å². The number of benzene rings is 2. The van der Waals surface area contributed by atoms with E-state index in [1.54, 1.807) is 0 Å². The van der Waals surface area contributed by atoms with Crippen LogP contribution in [0.5, 0.6) is 0 Å². The summed E-state index contributed by atoms with van der Waals surface area (Å²) in [7, 11) is 1.29. The highest BCUT2D eigenvalue weighted by Crippen LogP contribution is 2.46. The molecule has 2 heterocycles. The van der Waals surface area contributed by atoms with E-state index in [9.17, 15) is 27.2 Å². The lowest BCUT2D eigenvalue weighted by molar-refractivity contribution is -0.286. The number of ether oxygens (including phenoxy) is 1. The van der Waals surface area contributed by atoms with Crippen LogP contribution in [-0.4, -0.2) is 48.2 Å². The van der Waals surface area contributed by atoms with Crippen molar-refractivity contribution in [3.8, 4) is 0 Å². The van der Waals surface area contributed by atoms with E-state index < -0.39 is 29.5 Å². The fraction of sp³-hybridized carbons (Fsp3) is 0.250. The third kappa shape index (κ3) is 3.86. The van der Waals surface area contributed by atoms with E-state index >= 15 is 0 Å². The van der Waals surface area contributed by atoms with Gasteiger partial charge in [0.25, 0.3) is 11.5 Å². The van der Waals surface area contributed by atoms with E-state index in [1.165, 1.54) is 43.4 Å². The Balaban J connectivity index is 1.61. The molecule has 1 aromatic heterocycles. The number of amides is 3. The molecule has 1 aliphatic rings. The lowest BCUT2D eigenvalue weighted by atomic mass is 9.90. The van der Waals surface area contributed by atoms with Gasteiger partial charge in [-0.3, -0.25) is 10.1 Å². The molecular weight excluding hydrogens is 452 g/mol. The van der Waals surface area contributed by atoms with Crippen LogP contribution in [0.4, 0.5) is 33.2 Å². The summed E-state index contributed by atoms with van der Waals surface area (Å²) in [5.41, 5.74) is -2.78. The van der Waals surface area contributed by atoms with Gasteiger partial charge in [-0.1, -0.05) is 17.4 Å². The van der Waals surface area contributed by atoms with Crippen molar-refractivity contribution in [2.75, 3.05) is 30.8 Å². The van der Waals surface area contributed by atoms with Gasteiger partial charge in [-0.15, -0.1) is 0 Å². The van der Waals surface area contributed by atoms with Crippen molar-refractivity contribution >= 4 is 44.3 Å². The van der Waals surface area contributed by atoms with Crippen molar-refractivity contribution in [3.05, 3.63) is 53.8 Å². The molecule has 1 aliphatic heterocycles. The Morgan fingerprint density at radius 1 is 1.19 bits per heavy atom. The second kappa shape index (κ2) is 8.02. The molecule has 1 fully saturated rings. The molecule has 3 aromatic rings. The number of halogens is 4. The smallest absolute Gasteiger partial charge is 0.351 e.